The summed E-state index contributed by atoms with van der Waals surface area (Å²) >= 11 is 0. The maximum atomic E-state index is 10.2. The number of carboxylic acids is 2. The highest BCUT2D eigenvalue weighted by Gasteiger charge is 2.15. The van der Waals surface area contributed by atoms with Crippen LogP contribution in [-0.4, -0.2) is 34.1 Å². The lowest BCUT2D eigenvalue weighted by Crippen LogP contribution is -2.17. The molecule has 0 aromatic heterocycles. The number of ether oxygens (including phenoxy) is 1. The van der Waals surface area contributed by atoms with E-state index in [1.165, 1.54) is 0 Å². The molecule has 0 aromatic carbocycles. The van der Waals surface area contributed by atoms with E-state index in [9.17, 15) is 19.2 Å². The number of rotatable bonds is 2. The molecular formula is C9H10O7. The molecule has 0 aliphatic carbocycles. The molecule has 88 valence electrons. The largest absolute Gasteiger partial charge is 0.478 e. The Hall–Kier alpha value is -2.18. The highest BCUT2D eigenvalue weighted by atomic mass is 16.6. The first-order valence-electron chi connectivity index (χ1n) is 4.29. The number of hydrogen-bond acceptors (Lipinski definition) is 5. The predicted molar refractivity (Wildman–Crippen MR) is 49.4 cm³/mol. The summed E-state index contributed by atoms with van der Waals surface area (Å²) in [6, 6.07) is 0. The fraction of sp³-hybridized carbons (Fsp3) is 0.333. The molecule has 1 aliphatic rings. The van der Waals surface area contributed by atoms with E-state index in [2.05, 4.69) is 4.74 Å². The van der Waals surface area contributed by atoms with Gasteiger partial charge >= 0.3 is 23.9 Å². The lowest BCUT2D eigenvalue weighted by molar-refractivity contribution is -0.163. The third-order valence-electron chi connectivity index (χ3n) is 1.36. The van der Waals surface area contributed by atoms with E-state index in [4.69, 9.17) is 10.2 Å². The first kappa shape index (κ1) is 13.8. The van der Waals surface area contributed by atoms with E-state index in [0.717, 1.165) is 0 Å². The predicted octanol–water partition coefficient (Wildman–Crippen LogP) is -0.0481. The Morgan fingerprint density at radius 3 is 1.56 bits per heavy atom. The molecule has 16 heavy (non-hydrogen) atoms. The van der Waals surface area contributed by atoms with E-state index in [1.807, 2.05) is 0 Å². The van der Waals surface area contributed by atoms with Crippen LogP contribution in [0.5, 0.6) is 0 Å². The molecule has 0 spiro atoms. The molecule has 7 nitrogen and oxygen atoms in total. The summed E-state index contributed by atoms with van der Waals surface area (Å²) in [5.74, 6) is -3.29. The molecule has 0 atom stereocenters. The van der Waals surface area contributed by atoms with Gasteiger partial charge < -0.3 is 14.9 Å². The van der Waals surface area contributed by atoms with Crippen molar-refractivity contribution in [1.29, 1.82) is 0 Å². The Morgan fingerprint density at radius 2 is 1.38 bits per heavy atom. The fourth-order valence-corrected chi connectivity index (χ4v) is 0.749. The van der Waals surface area contributed by atoms with E-state index >= 15 is 0 Å². The van der Waals surface area contributed by atoms with Crippen LogP contribution in [0.2, 0.25) is 0 Å². The summed E-state index contributed by atoms with van der Waals surface area (Å²) in [6.07, 6.45) is 2.56. The number of esters is 2. The van der Waals surface area contributed by atoms with Crippen molar-refractivity contribution in [3.63, 3.8) is 0 Å². The molecule has 1 aliphatic heterocycles. The van der Waals surface area contributed by atoms with Crippen molar-refractivity contribution >= 4 is 23.9 Å². The van der Waals surface area contributed by atoms with Crippen LogP contribution < -0.4 is 0 Å². The number of carbonyl (C=O) groups excluding carboxylic acids is 2. The van der Waals surface area contributed by atoms with Gasteiger partial charge in [0.15, 0.2) is 0 Å². The molecule has 0 amide bonds. The average Bonchev–Trinajstić information content (AvgIpc) is 2.15. The Balaban J connectivity index is 0.000000281. The Bertz CT molecular complexity index is 299. The van der Waals surface area contributed by atoms with Crippen molar-refractivity contribution < 1.29 is 34.1 Å². The van der Waals surface area contributed by atoms with Crippen LogP contribution in [0, 0.1) is 0 Å². The Labute approximate surface area is 90.3 Å². The summed E-state index contributed by atoms with van der Waals surface area (Å²) in [5, 5.41) is 15.6. The zero-order chi connectivity index (χ0) is 12.6. The summed E-state index contributed by atoms with van der Waals surface area (Å²) < 4.78 is 4.21. The quantitative estimate of drug-likeness (QED) is 0.388. The highest BCUT2D eigenvalue weighted by molar-refractivity contribution is 5.89. The normalized spacial score (nSPS) is 15.0. The zero-order valence-electron chi connectivity index (χ0n) is 8.21. The van der Waals surface area contributed by atoms with E-state index in [1.54, 1.807) is 0 Å². The molecule has 1 rings (SSSR count). The maximum absolute atomic E-state index is 10.2. The van der Waals surface area contributed by atoms with Gasteiger partial charge in [-0.05, 0) is 6.42 Å². The van der Waals surface area contributed by atoms with Crippen LogP contribution >= 0.6 is 0 Å². The van der Waals surface area contributed by atoms with Crippen LogP contribution in [0.3, 0.4) is 0 Å². The smallest absolute Gasteiger partial charge is 0.328 e. The minimum Gasteiger partial charge on any atom is -0.478 e. The van der Waals surface area contributed by atoms with E-state index in [0.29, 0.717) is 31.4 Å². The van der Waals surface area contributed by atoms with E-state index in [-0.39, 0.29) is 11.9 Å². The van der Waals surface area contributed by atoms with Gasteiger partial charge in [0, 0.05) is 25.0 Å². The third kappa shape index (κ3) is 8.42. The average molecular weight is 230 g/mol. The summed E-state index contributed by atoms with van der Waals surface area (Å²) in [5.41, 5.74) is 0. The van der Waals surface area contributed by atoms with Crippen LogP contribution in [0.4, 0.5) is 0 Å². The second-order valence-electron chi connectivity index (χ2n) is 2.71. The molecule has 0 saturated carbocycles. The van der Waals surface area contributed by atoms with Crippen molar-refractivity contribution in [3.05, 3.63) is 12.2 Å². The third-order valence-corrected chi connectivity index (χ3v) is 1.36. The maximum Gasteiger partial charge on any atom is 0.328 e. The molecule has 2 N–H and O–H groups in total. The summed E-state index contributed by atoms with van der Waals surface area (Å²) in [4.78, 5) is 39.6. The standard InChI is InChI=1S/C5H6O3.C4H4O4/c6-4-2-1-3-5(7)8-4;5-3(6)1-2-4(7)8/h1-3H2;1-2H,(H,5,6)(H,7,8)/b;2-1+. The van der Waals surface area contributed by atoms with Gasteiger partial charge in [0.1, 0.15) is 0 Å². The van der Waals surface area contributed by atoms with Crippen LogP contribution in [0.25, 0.3) is 0 Å². The number of cyclic esters (lactones) is 2. The van der Waals surface area contributed by atoms with Gasteiger partial charge in [0.05, 0.1) is 0 Å². The second kappa shape index (κ2) is 7.16. The number of hydrogen-bond donors (Lipinski definition) is 2. The molecule has 1 saturated heterocycles. The molecule has 0 radical (unpaired) electrons. The van der Waals surface area contributed by atoms with Gasteiger partial charge in [-0.2, -0.15) is 0 Å². The van der Waals surface area contributed by atoms with E-state index < -0.39 is 11.9 Å². The fourth-order valence-electron chi connectivity index (χ4n) is 0.749. The van der Waals surface area contributed by atoms with Crippen molar-refractivity contribution in [2.24, 2.45) is 0 Å². The summed E-state index contributed by atoms with van der Waals surface area (Å²) in [6.45, 7) is 0. The van der Waals surface area contributed by atoms with Crippen LogP contribution in [-0.2, 0) is 23.9 Å². The van der Waals surface area contributed by atoms with Gasteiger partial charge in [-0.3, -0.25) is 9.59 Å². The molecule has 0 bridgehead atoms. The lowest BCUT2D eigenvalue weighted by Gasteiger charge is -2.06. The number of carbonyl (C=O) groups is 4. The molecule has 7 heteroatoms. The minimum atomic E-state index is -1.26. The van der Waals surface area contributed by atoms with Gasteiger partial charge in [-0.15, -0.1) is 0 Å². The molecule has 0 aromatic rings. The van der Waals surface area contributed by atoms with Crippen molar-refractivity contribution in [2.45, 2.75) is 19.3 Å². The Morgan fingerprint density at radius 1 is 1.00 bits per heavy atom. The SMILES string of the molecule is O=C(O)/C=C/C(=O)O.O=C1CCCC(=O)O1. The molecule has 1 fully saturated rings. The molecule has 1 heterocycles. The first-order chi connectivity index (χ1) is 7.41. The molecular weight excluding hydrogens is 220 g/mol. The van der Waals surface area contributed by atoms with Crippen LogP contribution in [0.1, 0.15) is 19.3 Å². The minimum absolute atomic E-state index is 0.388. The number of carboxylic acid groups (broad SMARTS) is 2. The van der Waals surface area contributed by atoms with Gasteiger partial charge in [-0.1, -0.05) is 0 Å². The van der Waals surface area contributed by atoms with Crippen molar-refractivity contribution in [2.75, 3.05) is 0 Å². The van der Waals surface area contributed by atoms with Crippen molar-refractivity contribution in [1.82, 2.24) is 0 Å². The van der Waals surface area contributed by atoms with Crippen LogP contribution in [0.15, 0.2) is 12.2 Å². The Kier molecular flexibility index (Phi) is 6.18. The van der Waals surface area contributed by atoms with Gasteiger partial charge in [0.2, 0.25) is 0 Å². The van der Waals surface area contributed by atoms with Gasteiger partial charge in [0.25, 0.3) is 0 Å². The second-order valence-corrected chi connectivity index (χ2v) is 2.71. The summed E-state index contributed by atoms with van der Waals surface area (Å²) in [7, 11) is 0. The van der Waals surface area contributed by atoms with Crippen molar-refractivity contribution in [3.8, 4) is 0 Å². The zero-order valence-corrected chi connectivity index (χ0v) is 8.21. The lowest BCUT2D eigenvalue weighted by atomic mass is 10.2. The van der Waals surface area contributed by atoms with Gasteiger partial charge in [-0.25, -0.2) is 9.59 Å². The monoisotopic (exact) mass is 230 g/mol. The highest BCUT2D eigenvalue weighted by Crippen LogP contribution is 2.06. The topological polar surface area (TPSA) is 118 Å². The molecule has 0 unspecified atom stereocenters. The number of aliphatic carboxylic acids is 2. The first-order valence-corrected chi connectivity index (χ1v) is 4.29.